The van der Waals surface area contributed by atoms with Crippen LogP contribution in [0.3, 0.4) is 0 Å². The van der Waals surface area contributed by atoms with Crippen molar-refractivity contribution in [3.63, 3.8) is 0 Å². The van der Waals surface area contributed by atoms with Crippen molar-refractivity contribution in [3.8, 4) is 0 Å². The summed E-state index contributed by atoms with van der Waals surface area (Å²) >= 11 is 0. The topological polar surface area (TPSA) is 115 Å². The molecule has 19 heavy (non-hydrogen) atoms. The molecule has 0 saturated heterocycles. The molecule has 102 valence electrons. The zero-order valence-corrected chi connectivity index (χ0v) is 10.4. The molecule has 0 atom stereocenters. The summed E-state index contributed by atoms with van der Waals surface area (Å²) in [6, 6.07) is 7.06. The first-order valence-corrected chi connectivity index (χ1v) is 6.77. The second-order valence-electron chi connectivity index (χ2n) is 4.17. The normalized spacial score (nSPS) is 20.9. The molecule has 7 heteroatoms. The van der Waals surface area contributed by atoms with Gasteiger partial charge in [0.25, 0.3) is 0 Å². The number of sulfone groups is 1. The van der Waals surface area contributed by atoms with Crippen LogP contribution < -0.4 is 0 Å². The van der Waals surface area contributed by atoms with Gasteiger partial charge in [-0.1, -0.05) is 18.2 Å². The van der Waals surface area contributed by atoms with E-state index < -0.39 is 26.3 Å². The lowest BCUT2D eigenvalue weighted by atomic mass is 10.1. The van der Waals surface area contributed by atoms with Crippen LogP contribution in [0.2, 0.25) is 0 Å². The summed E-state index contributed by atoms with van der Waals surface area (Å²) in [6.07, 6.45) is 1.76. The fourth-order valence-electron chi connectivity index (χ4n) is 1.67. The third-order valence-corrected chi connectivity index (χ3v) is 4.50. The first-order valence-electron chi connectivity index (χ1n) is 5.28. The molecule has 0 heterocycles. The van der Waals surface area contributed by atoms with Crippen LogP contribution in [0.25, 0.3) is 0 Å². The Hall–Kier alpha value is -1.51. The van der Waals surface area contributed by atoms with E-state index in [2.05, 4.69) is 0 Å². The quantitative estimate of drug-likeness (QED) is 0.421. The van der Waals surface area contributed by atoms with Crippen LogP contribution in [0, 0.1) is 0 Å². The van der Waals surface area contributed by atoms with Crippen molar-refractivity contribution in [2.45, 2.75) is 16.5 Å². The highest BCUT2D eigenvalue weighted by molar-refractivity contribution is 7.95. The smallest absolute Gasteiger partial charge is 0.221 e. The van der Waals surface area contributed by atoms with Gasteiger partial charge in [-0.25, -0.2) is 8.42 Å². The zero-order chi connectivity index (χ0) is 14.3. The number of hydrogen-bond acceptors (Lipinski definition) is 6. The van der Waals surface area contributed by atoms with Crippen molar-refractivity contribution in [2.75, 3.05) is 0 Å². The summed E-state index contributed by atoms with van der Waals surface area (Å²) in [6.45, 7) is 0. The Morgan fingerprint density at radius 1 is 0.895 bits per heavy atom. The Labute approximate surface area is 109 Å². The van der Waals surface area contributed by atoms with E-state index in [4.69, 9.17) is 0 Å². The molecule has 1 aliphatic carbocycles. The summed E-state index contributed by atoms with van der Waals surface area (Å²) in [7, 11) is -4.25. The summed E-state index contributed by atoms with van der Waals surface area (Å²) < 4.78 is 24.5. The number of benzene rings is 1. The van der Waals surface area contributed by atoms with Gasteiger partial charge in [0.15, 0.2) is 0 Å². The molecule has 2 rings (SSSR count). The first kappa shape index (κ1) is 13.9. The molecular formula is C12H12O6S. The highest BCUT2D eigenvalue weighted by Crippen LogP contribution is 2.33. The molecule has 0 bridgehead atoms. The van der Waals surface area contributed by atoms with Crippen molar-refractivity contribution in [1.29, 1.82) is 0 Å². The molecule has 0 saturated carbocycles. The number of rotatable bonds is 2. The predicted molar refractivity (Wildman–Crippen MR) is 65.2 cm³/mol. The molecule has 1 aromatic carbocycles. The van der Waals surface area contributed by atoms with Crippen molar-refractivity contribution >= 4 is 9.84 Å². The minimum absolute atomic E-state index is 0.181. The Kier molecular flexibility index (Phi) is 3.12. The van der Waals surface area contributed by atoms with Crippen LogP contribution in [-0.2, 0) is 9.84 Å². The molecule has 0 radical (unpaired) electrons. The molecule has 6 nitrogen and oxygen atoms in total. The minimum atomic E-state index is -4.25. The van der Waals surface area contributed by atoms with Crippen molar-refractivity contribution < 1.29 is 28.8 Å². The summed E-state index contributed by atoms with van der Waals surface area (Å²) in [4.78, 5) is -1.08. The Morgan fingerprint density at radius 3 is 2.05 bits per heavy atom. The van der Waals surface area contributed by atoms with Crippen molar-refractivity contribution in [3.05, 3.63) is 53.5 Å². The van der Waals surface area contributed by atoms with Gasteiger partial charge in [-0.3, -0.25) is 0 Å². The van der Waals surface area contributed by atoms with Gasteiger partial charge in [0.1, 0.15) is 4.91 Å². The molecule has 0 aliphatic heterocycles. The van der Waals surface area contributed by atoms with Crippen LogP contribution >= 0.6 is 0 Å². The maximum atomic E-state index is 12.2. The maximum Gasteiger partial charge on any atom is 0.221 e. The summed E-state index contributed by atoms with van der Waals surface area (Å²) in [5.41, 5.74) is 0. The van der Waals surface area contributed by atoms with Gasteiger partial charge in [-0.2, -0.15) is 0 Å². The summed E-state index contributed by atoms with van der Waals surface area (Å²) in [5.74, 6) is -5.34. The molecule has 1 aromatic rings. The Bertz CT molecular complexity index is 640. The molecule has 1 aliphatic rings. The maximum absolute atomic E-state index is 12.2. The largest absolute Gasteiger partial charge is 0.359 e. The van der Waals surface area contributed by atoms with E-state index >= 15 is 0 Å². The van der Waals surface area contributed by atoms with Gasteiger partial charge in [-0.15, -0.1) is 0 Å². The molecule has 0 spiro atoms. The monoisotopic (exact) mass is 284 g/mol. The van der Waals surface area contributed by atoms with Crippen LogP contribution in [0.4, 0.5) is 0 Å². The average molecular weight is 284 g/mol. The Morgan fingerprint density at radius 2 is 1.47 bits per heavy atom. The molecular weight excluding hydrogens is 272 g/mol. The van der Waals surface area contributed by atoms with E-state index in [9.17, 15) is 28.8 Å². The van der Waals surface area contributed by atoms with Crippen LogP contribution in [0.5, 0.6) is 0 Å². The van der Waals surface area contributed by atoms with Crippen LogP contribution in [-0.4, -0.2) is 40.4 Å². The van der Waals surface area contributed by atoms with Gasteiger partial charge < -0.3 is 20.4 Å². The lowest BCUT2D eigenvalue weighted by Crippen LogP contribution is -2.40. The van der Waals surface area contributed by atoms with Gasteiger partial charge in [0, 0.05) is 0 Å². The van der Waals surface area contributed by atoms with Crippen molar-refractivity contribution in [1.82, 2.24) is 0 Å². The van der Waals surface area contributed by atoms with Crippen molar-refractivity contribution in [2.24, 2.45) is 0 Å². The lowest BCUT2D eigenvalue weighted by Gasteiger charge is -2.28. The SMILES string of the molecule is O=S(=O)(C1=CC(O)(O)C=CC1(O)O)c1ccccc1. The predicted octanol–water partition coefficient (Wildman–Crippen LogP) is -0.724. The van der Waals surface area contributed by atoms with Crippen LogP contribution in [0.1, 0.15) is 0 Å². The fourth-order valence-corrected chi connectivity index (χ4v) is 3.23. The second kappa shape index (κ2) is 4.26. The fraction of sp³-hybridized carbons (Fsp3) is 0.167. The van der Waals surface area contributed by atoms with E-state index in [1.807, 2.05) is 0 Å². The highest BCUT2D eigenvalue weighted by Gasteiger charge is 2.42. The number of aliphatic hydroxyl groups is 4. The molecule has 0 amide bonds. The van der Waals surface area contributed by atoms with Gasteiger partial charge in [-0.05, 0) is 30.4 Å². The molecule has 0 unspecified atom stereocenters. The van der Waals surface area contributed by atoms with E-state index in [0.717, 1.165) is 0 Å². The molecule has 0 fully saturated rings. The van der Waals surface area contributed by atoms with E-state index in [-0.39, 0.29) is 4.90 Å². The van der Waals surface area contributed by atoms with E-state index in [1.54, 1.807) is 6.07 Å². The third kappa shape index (κ3) is 2.60. The van der Waals surface area contributed by atoms with E-state index in [1.165, 1.54) is 24.3 Å². The summed E-state index contributed by atoms with van der Waals surface area (Å²) in [5, 5.41) is 38.1. The Balaban J connectivity index is 2.60. The number of hydrogen-bond donors (Lipinski definition) is 4. The molecule has 4 N–H and O–H groups in total. The molecule has 0 aromatic heterocycles. The standard InChI is InChI=1S/C12H12O6S/c13-11(14)6-7-12(15,16)10(8-11)19(17,18)9-4-2-1-3-5-9/h1-8,13-16H. The second-order valence-corrected chi connectivity index (χ2v) is 6.09. The van der Waals surface area contributed by atoms with Gasteiger partial charge in [0.2, 0.25) is 21.4 Å². The third-order valence-electron chi connectivity index (χ3n) is 2.61. The lowest BCUT2D eigenvalue weighted by molar-refractivity contribution is -0.109. The van der Waals surface area contributed by atoms with Crippen LogP contribution in [0.15, 0.2) is 58.4 Å². The van der Waals surface area contributed by atoms with E-state index in [0.29, 0.717) is 18.2 Å². The van der Waals surface area contributed by atoms with Gasteiger partial charge >= 0.3 is 0 Å². The van der Waals surface area contributed by atoms with Gasteiger partial charge in [0.05, 0.1) is 4.90 Å². The highest BCUT2D eigenvalue weighted by atomic mass is 32.2. The first-order chi connectivity index (χ1) is 8.65. The zero-order valence-electron chi connectivity index (χ0n) is 9.63. The minimum Gasteiger partial charge on any atom is -0.359 e. The average Bonchev–Trinajstić information content (AvgIpc) is 2.34.